The maximum Gasteiger partial charge on any atom is 0.160 e. The summed E-state index contributed by atoms with van der Waals surface area (Å²) in [5.41, 5.74) is 11.0. The molecule has 0 radical (unpaired) electrons. The first kappa shape index (κ1) is 10.8. The first-order chi connectivity index (χ1) is 8.72. The molecule has 0 saturated carbocycles. The second-order valence-electron chi connectivity index (χ2n) is 4.59. The third-order valence-electron chi connectivity index (χ3n) is 3.07. The highest BCUT2D eigenvalue weighted by Crippen LogP contribution is 2.15. The molecule has 0 fully saturated rings. The number of imidazole rings is 1. The van der Waals surface area contributed by atoms with Crippen molar-refractivity contribution in [3.8, 4) is 0 Å². The molecule has 0 saturated heterocycles. The van der Waals surface area contributed by atoms with Crippen molar-refractivity contribution in [3.63, 3.8) is 0 Å². The lowest BCUT2D eigenvalue weighted by atomic mass is 10.1. The number of pyridine rings is 1. The number of benzene rings is 1. The van der Waals surface area contributed by atoms with E-state index >= 15 is 0 Å². The van der Waals surface area contributed by atoms with Crippen LogP contribution in [0, 0.1) is 6.92 Å². The molecule has 2 N–H and O–H groups in total. The van der Waals surface area contributed by atoms with Crippen LogP contribution in [-0.2, 0) is 6.42 Å². The molecule has 0 unspecified atom stereocenters. The van der Waals surface area contributed by atoms with Crippen molar-refractivity contribution in [2.45, 2.75) is 13.3 Å². The van der Waals surface area contributed by atoms with E-state index in [0.29, 0.717) is 5.69 Å². The van der Waals surface area contributed by atoms with E-state index in [1.165, 1.54) is 11.1 Å². The smallest absolute Gasteiger partial charge is 0.160 e. The molecule has 3 nitrogen and oxygen atoms in total. The zero-order chi connectivity index (χ0) is 12.5. The maximum absolute atomic E-state index is 5.90. The Morgan fingerprint density at radius 1 is 1.17 bits per heavy atom. The number of hydrogen-bond acceptors (Lipinski definition) is 2. The monoisotopic (exact) mass is 237 g/mol. The molecular formula is C15H15N3. The predicted octanol–water partition coefficient (Wildman–Crippen LogP) is 2.82. The van der Waals surface area contributed by atoms with E-state index in [2.05, 4.69) is 36.2 Å². The number of nitrogen functional groups attached to an aromatic ring is 1. The number of rotatable bonds is 2. The summed E-state index contributed by atoms with van der Waals surface area (Å²) in [5, 5.41) is 0. The second-order valence-corrected chi connectivity index (χ2v) is 4.59. The van der Waals surface area contributed by atoms with Gasteiger partial charge in [-0.25, -0.2) is 4.98 Å². The van der Waals surface area contributed by atoms with Crippen LogP contribution in [0.5, 0.6) is 0 Å². The van der Waals surface area contributed by atoms with Crippen LogP contribution in [0.15, 0.2) is 48.8 Å². The van der Waals surface area contributed by atoms with Crippen LogP contribution in [0.4, 0.5) is 5.69 Å². The van der Waals surface area contributed by atoms with Crippen molar-refractivity contribution in [1.82, 2.24) is 9.38 Å². The van der Waals surface area contributed by atoms with Crippen molar-refractivity contribution in [3.05, 3.63) is 65.6 Å². The number of hydrogen-bond donors (Lipinski definition) is 1. The highest BCUT2D eigenvalue weighted by atomic mass is 15.0. The number of nitrogens with two attached hydrogens (primary N) is 1. The SMILES string of the molecule is Cc1ccc(Cc2cn3cccc(N)c3n2)cc1. The van der Waals surface area contributed by atoms with Gasteiger partial charge in [0, 0.05) is 18.8 Å². The third-order valence-corrected chi connectivity index (χ3v) is 3.07. The van der Waals surface area contributed by atoms with E-state index in [1.54, 1.807) is 0 Å². The van der Waals surface area contributed by atoms with Crippen molar-refractivity contribution < 1.29 is 0 Å². The molecule has 3 aromatic rings. The molecule has 2 aromatic heterocycles. The summed E-state index contributed by atoms with van der Waals surface area (Å²) < 4.78 is 1.97. The lowest BCUT2D eigenvalue weighted by Crippen LogP contribution is -1.90. The van der Waals surface area contributed by atoms with Gasteiger partial charge in [-0.05, 0) is 24.6 Å². The van der Waals surface area contributed by atoms with Crippen molar-refractivity contribution in [1.29, 1.82) is 0 Å². The lowest BCUT2D eigenvalue weighted by molar-refractivity contribution is 1.11. The normalized spacial score (nSPS) is 10.9. The van der Waals surface area contributed by atoms with Gasteiger partial charge in [-0.3, -0.25) is 0 Å². The van der Waals surface area contributed by atoms with Gasteiger partial charge in [0.25, 0.3) is 0 Å². The minimum absolute atomic E-state index is 0.715. The fraction of sp³-hybridized carbons (Fsp3) is 0.133. The summed E-state index contributed by atoms with van der Waals surface area (Å²) in [7, 11) is 0. The minimum atomic E-state index is 0.715. The van der Waals surface area contributed by atoms with Gasteiger partial charge in [0.2, 0.25) is 0 Å². The Kier molecular flexibility index (Phi) is 2.52. The quantitative estimate of drug-likeness (QED) is 0.744. The highest BCUT2D eigenvalue weighted by molar-refractivity contribution is 5.64. The highest BCUT2D eigenvalue weighted by Gasteiger charge is 2.04. The Labute approximate surface area is 106 Å². The number of anilines is 1. The van der Waals surface area contributed by atoms with Crippen LogP contribution < -0.4 is 5.73 Å². The topological polar surface area (TPSA) is 43.3 Å². The van der Waals surface area contributed by atoms with Gasteiger partial charge in [-0.2, -0.15) is 0 Å². The largest absolute Gasteiger partial charge is 0.396 e. The van der Waals surface area contributed by atoms with E-state index in [4.69, 9.17) is 5.73 Å². The molecule has 0 bridgehead atoms. The minimum Gasteiger partial charge on any atom is -0.396 e. The van der Waals surface area contributed by atoms with Gasteiger partial charge in [-0.15, -0.1) is 0 Å². The number of aryl methyl sites for hydroxylation is 1. The van der Waals surface area contributed by atoms with Crippen LogP contribution in [0.3, 0.4) is 0 Å². The zero-order valence-electron chi connectivity index (χ0n) is 10.3. The van der Waals surface area contributed by atoms with Crippen LogP contribution in [0.2, 0.25) is 0 Å². The first-order valence-corrected chi connectivity index (χ1v) is 6.00. The molecule has 3 heteroatoms. The average molecular weight is 237 g/mol. The van der Waals surface area contributed by atoms with Crippen molar-refractivity contribution in [2.75, 3.05) is 5.73 Å². The molecule has 0 aliphatic heterocycles. The van der Waals surface area contributed by atoms with Crippen molar-refractivity contribution in [2.24, 2.45) is 0 Å². The van der Waals surface area contributed by atoms with Crippen molar-refractivity contribution >= 4 is 11.3 Å². The van der Waals surface area contributed by atoms with E-state index in [-0.39, 0.29) is 0 Å². The second kappa shape index (κ2) is 4.18. The van der Waals surface area contributed by atoms with Crippen LogP contribution in [-0.4, -0.2) is 9.38 Å². The van der Waals surface area contributed by atoms with Gasteiger partial charge >= 0.3 is 0 Å². The first-order valence-electron chi connectivity index (χ1n) is 6.00. The molecule has 0 aliphatic rings. The summed E-state index contributed by atoms with van der Waals surface area (Å²) in [4.78, 5) is 4.57. The molecule has 0 aliphatic carbocycles. The van der Waals surface area contributed by atoms with Crippen LogP contribution >= 0.6 is 0 Å². The summed E-state index contributed by atoms with van der Waals surface area (Å²) in [6.45, 7) is 2.09. The molecule has 2 heterocycles. The van der Waals surface area contributed by atoms with E-state index < -0.39 is 0 Å². The summed E-state index contributed by atoms with van der Waals surface area (Å²) in [6, 6.07) is 12.3. The van der Waals surface area contributed by atoms with Gasteiger partial charge < -0.3 is 10.1 Å². The molecule has 18 heavy (non-hydrogen) atoms. The van der Waals surface area contributed by atoms with E-state index in [0.717, 1.165) is 17.8 Å². The van der Waals surface area contributed by atoms with Crippen LogP contribution in [0.25, 0.3) is 5.65 Å². The van der Waals surface area contributed by atoms with Gasteiger partial charge in [-0.1, -0.05) is 29.8 Å². The number of fused-ring (bicyclic) bond motifs is 1. The predicted molar refractivity (Wildman–Crippen MR) is 73.6 cm³/mol. The standard InChI is InChI=1S/C15H15N3/c1-11-4-6-12(7-5-11)9-13-10-18-8-2-3-14(16)15(18)17-13/h2-8,10H,9,16H2,1H3. The molecular weight excluding hydrogens is 222 g/mol. The van der Waals surface area contributed by atoms with E-state index in [1.807, 2.05) is 28.9 Å². The fourth-order valence-corrected chi connectivity index (χ4v) is 2.09. The lowest BCUT2D eigenvalue weighted by Gasteiger charge is -1.98. The van der Waals surface area contributed by atoms with Gasteiger partial charge in [0.05, 0.1) is 11.4 Å². The number of nitrogens with zero attached hydrogens (tertiary/aromatic N) is 2. The van der Waals surface area contributed by atoms with E-state index in [9.17, 15) is 0 Å². The molecule has 0 atom stereocenters. The summed E-state index contributed by atoms with van der Waals surface area (Å²) >= 11 is 0. The summed E-state index contributed by atoms with van der Waals surface area (Å²) in [6.07, 6.45) is 4.84. The zero-order valence-corrected chi connectivity index (χ0v) is 10.3. The molecule has 0 spiro atoms. The Morgan fingerprint density at radius 3 is 2.67 bits per heavy atom. The van der Waals surface area contributed by atoms with Gasteiger partial charge in [0.1, 0.15) is 0 Å². The van der Waals surface area contributed by atoms with Crippen LogP contribution in [0.1, 0.15) is 16.8 Å². The molecule has 3 rings (SSSR count). The summed E-state index contributed by atoms with van der Waals surface area (Å²) in [5.74, 6) is 0. The molecule has 0 amide bonds. The maximum atomic E-state index is 5.90. The number of aromatic nitrogens is 2. The fourth-order valence-electron chi connectivity index (χ4n) is 2.09. The Hall–Kier alpha value is -2.29. The Morgan fingerprint density at radius 2 is 1.94 bits per heavy atom. The molecule has 90 valence electrons. The Balaban J connectivity index is 1.95. The Bertz CT molecular complexity index is 681. The average Bonchev–Trinajstić information content (AvgIpc) is 2.76. The van der Waals surface area contributed by atoms with Gasteiger partial charge in [0.15, 0.2) is 5.65 Å². The third kappa shape index (κ3) is 1.95. The molecule has 1 aromatic carbocycles.